The number of ketones is 1. The molecule has 2 aliphatic rings. The van der Waals surface area contributed by atoms with Gasteiger partial charge >= 0.3 is 0 Å². The fourth-order valence-electron chi connectivity index (χ4n) is 1.69. The van der Waals surface area contributed by atoms with Gasteiger partial charge in [-0.05, 0) is 6.42 Å². The fraction of sp³-hybridized carbons (Fsp3) is 0.875. The number of ether oxygens (including phenoxy) is 2. The molecule has 1 atom stereocenters. The first-order valence-electron chi connectivity index (χ1n) is 4.08. The first kappa shape index (κ1) is 7.25. The van der Waals surface area contributed by atoms with Gasteiger partial charge in [0.2, 0.25) is 0 Å². The van der Waals surface area contributed by atoms with Gasteiger partial charge in [0.15, 0.2) is 11.4 Å². The Morgan fingerprint density at radius 2 is 2.27 bits per heavy atom. The zero-order valence-electron chi connectivity index (χ0n) is 6.47. The number of rotatable bonds is 0. The molecule has 2 heterocycles. The second-order valence-electron chi connectivity index (χ2n) is 3.17. The Morgan fingerprint density at radius 1 is 1.36 bits per heavy atom. The Kier molecular flexibility index (Phi) is 1.69. The van der Waals surface area contributed by atoms with Crippen molar-refractivity contribution in [1.29, 1.82) is 0 Å². The summed E-state index contributed by atoms with van der Waals surface area (Å²) in [5.74, 6) is 0.237. The molecule has 0 N–H and O–H groups in total. The fourth-order valence-corrected chi connectivity index (χ4v) is 1.69. The highest BCUT2D eigenvalue weighted by Gasteiger charge is 2.44. The molecule has 62 valence electrons. The zero-order chi connectivity index (χ0) is 7.73. The van der Waals surface area contributed by atoms with Crippen LogP contribution in [0.15, 0.2) is 0 Å². The molecule has 1 spiro atoms. The number of hydrogen-bond acceptors (Lipinski definition) is 3. The maximum Gasteiger partial charge on any atom is 0.167 e. The quantitative estimate of drug-likeness (QED) is 0.513. The van der Waals surface area contributed by atoms with Crippen LogP contribution in [0.4, 0.5) is 0 Å². The van der Waals surface area contributed by atoms with E-state index >= 15 is 0 Å². The number of Topliss-reactive ketones (excluding diaryl/α,β-unsaturated/α-hetero) is 1. The van der Waals surface area contributed by atoms with Crippen LogP contribution in [0.1, 0.15) is 19.3 Å². The maximum absolute atomic E-state index is 11.4. The summed E-state index contributed by atoms with van der Waals surface area (Å²) in [4.78, 5) is 11.4. The molecule has 2 aliphatic heterocycles. The van der Waals surface area contributed by atoms with E-state index in [-0.39, 0.29) is 5.78 Å². The minimum atomic E-state index is -0.530. The first-order chi connectivity index (χ1) is 5.33. The van der Waals surface area contributed by atoms with Gasteiger partial charge in [0.1, 0.15) is 0 Å². The molecule has 0 saturated carbocycles. The lowest BCUT2D eigenvalue weighted by atomic mass is 9.92. The lowest BCUT2D eigenvalue weighted by Gasteiger charge is -2.30. The van der Waals surface area contributed by atoms with Gasteiger partial charge in [0.25, 0.3) is 0 Å². The smallest absolute Gasteiger partial charge is 0.167 e. The Labute approximate surface area is 65.7 Å². The van der Waals surface area contributed by atoms with Gasteiger partial charge in [0.05, 0.1) is 13.2 Å². The highest BCUT2D eigenvalue weighted by atomic mass is 16.6. The van der Waals surface area contributed by atoms with E-state index in [1.165, 1.54) is 0 Å². The summed E-state index contributed by atoms with van der Waals surface area (Å²) in [6.07, 6.45) is 2.30. The van der Waals surface area contributed by atoms with Crippen molar-refractivity contribution in [3.05, 3.63) is 0 Å². The second-order valence-corrected chi connectivity index (χ2v) is 3.17. The van der Waals surface area contributed by atoms with E-state index in [0.717, 1.165) is 19.4 Å². The van der Waals surface area contributed by atoms with Crippen molar-refractivity contribution in [2.45, 2.75) is 24.9 Å². The molecule has 2 fully saturated rings. The highest BCUT2D eigenvalue weighted by molar-refractivity contribution is 5.88. The summed E-state index contributed by atoms with van der Waals surface area (Å²) in [7, 11) is 0. The van der Waals surface area contributed by atoms with Gasteiger partial charge in [-0.1, -0.05) is 0 Å². The van der Waals surface area contributed by atoms with Crippen LogP contribution < -0.4 is 0 Å². The largest absolute Gasteiger partial charge is 0.378 e. The summed E-state index contributed by atoms with van der Waals surface area (Å²) in [5.41, 5.74) is -0.530. The summed E-state index contributed by atoms with van der Waals surface area (Å²) in [6.45, 7) is 1.87. The van der Waals surface area contributed by atoms with Crippen LogP contribution in [0.3, 0.4) is 0 Å². The minimum absolute atomic E-state index is 0.237. The third-order valence-electron chi connectivity index (χ3n) is 2.42. The van der Waals surface area contributed by atoms with Crippen LogP contribution in [0.2, 0.25) is 0 Å². The van der Waals surface area contributed by atoms with Gasteiger partial charge in [-0.25, -0.2) is 0 Å². The van der Waals surface area contributed by atoms with Crippen molar-refractivity contribution in [2.24, 2.45) is 0 Å². The van der Waals surface area contributed by atoms with Gasteiger partial charge in [0, 0.05) is 19.4 Å². The van der Waals surface area contributed by atoms with E-state index in [1.54, 1.807) is 0 Å². The molecule has 0 aromatic rings. The molecule has 0 amide bonds. The lowest BCUT2D eigenvalue weighted by molar-refractivity contribution is -0.152. The Morgan fingerprint density at radius 3 is 2.91 bits per heavy atom. The monoisotopic (exact) mass is 156 g/mol. The molecule has 0 bridgehead atoms. The Bertz CT molecular complexity index is 170. The standard InChI is InChI=1S/C8H12O3/c9-7-2-1-4-11-8(7)3-5-10-6-8/h1-6H2. The molecule has 0 aromatic heterocycles. The molecule has 3 nitrogen and oxygen atoms in total. The van der Waals surface area contributed by atoms with E-state index in [4.69, 9.17) is 9.47 Å². The summed E-state index contributed by atoms with van der Waals surface area (Å²) in [5, 5.41) is 0. The topological polar surface area (TPSA) is 35.5 Å². The second kappa shape index (κ2) is 2.57. The molecule has 3 heteroatoms. The van der Waals surface area contributed by atoms with Crippen LogP contribution >= 0.6 is 0 Å². The molecule has 0 aromatic carbocycles. The normalized spacial score (nSPS) is 38.4. The van der Waals surface area contributed by atoms with Crippen molar-refractivity contribution >= 4 is 5.78 Å². The number of carbonyl (C=O) groups is 1. The molecule has 1 unspecified atom stereocenters. The van der Waals surface area contributed by atoms with Crippen LogP contribution in [-0.4, -0.2) is 31.2 Å². The zero-order valence-corrected chi connectivity index (χ0v) is 6.47. The minimum Gasteiger partial charge on any atom is -0.378 e. The molecule has 0 radical (unpaired) electrons. The molecular weight excluding hydrogens is 144 g/mol. The van der Waals surface area contributed by atoms with Crippen LogP contribution in [0.25, 0.3) is 0 Å². The van der Waals surface area contributed by atoms with E-state index in [2.05, 4.69) is 0 Å². The Hall–Kier alpha value is -0.410. The third-order valence-corrected chi connectivity index (χ3v) is 2.42. The predicted octanol–water partition coefficient (Wildman–Crippen LogP) is 0.525. The molecular formula is C8H12O3. The summed E-state index contributed by atoms with van der Waals surface area (Å²) in [6, 6.07) is 0. The predicted molar refractivity (Wildman–Crippen MR) is 38.4 cm³/mol. The summed E-state index contributed by atoms with van der Waals surface area (Å²) < 4.78 is 10.6. The molecule has 11 heavy (non-hydrogen) atoms. The average Bonchev–Trinajstić information content (AvgIpc) is 2.46. The van der Waals surface area contributed by atoms with E-state index in [0.29, 0.717) is 19.6 Å². The molecule has 2 rings (SSSR count). The van der Waals surface area contributed by atoms with Crippen LogP contribution in [-0.2, 0) is 14.3 Å². The van der Waals surface area contributed by atoms with Crippen molar-refractivity contribution in [2.75, 3.05) is 19.8 Å². The maximum atomic E-state index is 11.4. The molecule has 0 aliphatic carbocycles. The van der Waals surface area contributed by atoms with Gasteiger partial charge in [-0.2, -0.15) is 0 Å². The highest BCUT2D eigenvalue weighted by Crippen LogP contribution is 2.29. The van der Waals surface area contributed by atoms with Gasteiger partial charge in [-0.3, -0.25) is 4.79 Å². The number of carbonyl (C=O) groups excluding carboxylic acids is 1. The van der Waals surface area contributed by atoms with E-state index in [1.807, 2.05) is 0 Å². The van der Waals surface area contributed by atoms with E-state index in [9.17, 15) is 4.79 Å². The van der Waals surface area contributed by atoms with Crippen molar-refractivity contribution in [3.8, 4) is 0 Å². The average molecular weight is 156 g/mol. The summed E-state index contributed by atoms with van der Waals surface area (Å²) >= 11 is 0. The van der Waals surface area contributed by atoms with Crippen LogP contribution in [0.5, 0.6) is 0 Å². The van der Waals surface area contributed by atoms with Crippen molar-refractivity contribution < 1.29 is 14.3 Å². The van der Waals surface area contributed by atoms with Crippen molar-refractivity contribution in [3.63, 3.8) is 0 Å². The number of hydrogen-bond donors (Lipinski definition) is 0. The SMILES string of the molecule is O=C1CCCOC12CCOC2. The van der Waals surface area contributed by atoms with E-state index < -0.39 is 5.60 Å². The first-order valence-corrected chi connectivity index (χ1v) is 4.08. The lowest BCUT2D eigenvalue weighted by Crippen LogP contribution is -2.45. The molecule has 2 saturated heterocycles. The Balaban J connectivity index is 2.13. The van der Waals surface area contributed by atoms with Crippen molar-refractivity contribution in [1.82, 2.24) is 0 Å². The van der Waals surface area contributed by atoms with Crippen LogP contribution in [0, 0.1) is 0 Å². The third kappa shape index (κ3) is 1.08. The van der Waals surface area contributed by atoms with Gasteiger partial charge < -0.3 is 9.47 Å². The van der Waals surface area contributed by atoms with Gasteiger partial charge in [-0.15, -0.1) is 0 Å².